The molecule has 2 aromatic carbocycles. The highest BCUT2D eigenvalue weighted by Crippen LogP contribution is 2.30. The monoisotopic (exact) mass is 253 g/mol. The molecule has 1 fully saturated rings. The highest BCUT2D eigenvalue weighted by atomic mass is 16.5. The smallest absolute Gasteiger partial charge is 0.122 e. The number of nitrogen functional groups attached to an aromatic ring is 1. The van der Waals surface area contributed by atoms with E-state index in [1.807, 2.05) is 24.3 Å². The first kappa shape index (κ1) is 12.1. The molecule has 0 aliphatic heterocycles. The molecule has 1 saturated carbocycles. The molecule has 0 heterocycles. The van der Waals surface area contributed by atoms with Crippen LogP contribution >= 0.6 is 0 Å². The molecule has 0 bridgehead atoms. The SMILES string of the molecule is Nc1cccc(Cc2ccccc2OCC2CC2)c1. The third-order valence-electron chi connectivity index (χ3n) is 3.49. The van der Waals surface area contributed by atoms with E-state index in [0.29, 0.717) is 0 Å². The summed E-state index contributed by atoms with van der Waals surface area (Å²) in [4.78, 5) is 0. The van der Waals surface area contributed by atoms with Crippen molar-refractivity contribution in [2.45, 2.75) is 19.3 Å². The number of nitrogens with two attached hydrogens (primary N) is 1. The number of hydrogen-bond acceptors (Lipinski definition) is 2. The Morgan fingerprint density at radius 3 is 2.68 bits per heavy atom. The Bertz CT molecular complexity index is 561. The van der Waals surface area contributed by atoms with E-state index in [4.69, 9.17) is 10.5 Å². The van der Waals surface area contributed by atoms with Crippen LogP contribution in [0.2, 0.25) is 0 Å². The fourth-order valence-electron chi connectivity index (χ4n) is 2.21. The zero-order valence-corrected chi connectivity index (χ0v) is 11.0. The minimum absolute atomic E-state index is 0.778. The van der Waals surface area contributed by atoms with Crippen LogP contribution in [-0.2, 0) is 6.42 Å². The number of benzene rings is 2. The molecular formula is C17H19NO. The predicted octanol–water partition coefficient (Wildman–Crippen LogP) is 3.65. The van der Waals surface area contributed by atoms with Gasteiger partial charge in [-0.15, -0.1) is 0 Å². The Hall–Kier alpha value is -1.96. The van der Waals surface area contributed by atoms with Gasteiger partial charge in [0.25, 0.3) is 0 Å². The molecule has 3 rings (SSSR count). The van der Waals surface area contributed by atoms with Gasteiger partial charge in [-0.3, -0.25) is 0 Å². The summed E-state index contributed by atoms with van der Waals surface area (Å²) in [6, 6.07) is 16.3. The molecule has 0 atom stereocenters. The number of ether oxygens (including phenoxy) is 1. The molecule has 0 unspecified atom stereocenters. The maximum absolute atomic E-state index is 5.93. The van der Waals surface area contributed by atoms with Crippen LogP contribution in [0, 0.1) is 5.92 Å². The summed E-state index contributed by atoms with van der Waals surface area (Å²) in [5, 5.41) is 0. The number of anilines is 1. The number of hydrogen-bond donors (Lipinski definition) is 1. The van der Waals surface area contributed by atoms with E-state index in [9.17, 15) is 0 Å². The van der Waals surface area contributed by atoms with Gasteiger partial charge in [-0.2, -0.15) is 0 Å². The van der Waals surface area contributed by atoms with E-state index < -0.39 is 0 Å². The number of rotatable bonds is 5. The molecule has 19 heavy (non-hydrogen) atoms. The second-order valence-corrected chi connectivity index (χ2v) is 5.28. The van der Waals surface area contributed by atoms with Crippen molar-refractivity contribution in [3.63, 3.8) is 0 Å². The first-order valence-corrected chi connectivity index (χ1v) is 6.86. The van der Waals surface area contributed by atoms with Crippen LogP contribution in [0.5, 0.6) is 5.75 Å². The molecule has 1 aliphatic rings. The largest absolute Gasteiger partial charge is 0.493 e. The minimum atomic E-state index is 0.778. The van der Waals surface area contributed by atoms with Crippen LogP contribution in [0.15, 0.2) is 48.5 Å². The highest BCUT2D eigenvalue weighted by molar-refractivity contribution is 5.44. The predicted molar refractivity (Wildman–Crippen MR) is 78.3 cm³/mol. The van der Waals surface area contributed by atoms with Gasteiger partial charge in [0.05, 0.1) is 6.61 Å². The Morgan fingerprint density at radius 1 is 1.05 bits per heavy atom. The van der Waals surface area contributed by atoms with E-state index in [1.54, 1.807) is 0 Å². The van der Waals surface area contributed by atoms with Crippen molar-refractivity contribution in [1.29, 1.82) is 0 Å². The van der Waals surface area contributed by atoms with Crippen LogP contribution in [0.1, 0.15) is 24.0 Å². The molecular weight excluding hydrogens is 234 g/mol. The van der Waals surface area contributed by atoms with Gasteiger partial charge in [0, 0.05) is 12.1 Å². The second-order valence-electron chi connectivity index (χ2n) is 5.28. The normalized spacial score (nSPS) is 14.3. The van der Waals surface area contributed by atoms with E-state index >= 15 is 0 Å². The van der Waals surface area contributed by atoms with Gasteiger partial charge in [-0.1, -0.05) is 30.3 Å². The second kappa shape index (κ2) is 5.35. The average molecular weight is 253 g/mol. The van der Waals surface area contributed by atoms with Gasteiger partial charge < -0.3 is 10.5 Å². The van der Waals surface area contributed by atoms with Crippen LogP contribution in [0.3, 0.4) is 0 Å². The Kier molecular flexibility index (Phi) is 3.41. The topological polar surface area (TPSA) is 35.2 Å². The molecule has 2 heteroatoms. The van der Waals surface area contributed by atoms with Crippen molar-refractivity contribution in [1.82, 2.24) is 0 Å². The lowest BCUT2D eigenvalue weighted by Crippen LogP contribution is -2.02. The average Bonchev–Trinajstić information content (AvgIpc) is 3.22. The quantitative estimate of drug-likeness (QED) is 0.825. The van der Waals surface area contributed by atoms with E-state index in [1.165, 1.54) is 24.0 Å². The zero-order valence-electron chi connectivity index (χ0n) is 11.0. The molecule has 2 nitrogen and oxygen atoms in total. The van der Waals surface area contributed by atoms with Crippen LogP contribution in [0.4, 0.5) is 5.69 Å². The lowest BCUT2D eigenvalue weighted by atomic mass is 10.0. The van der Waals surface area contributed by atoms with Gasteiger partial charge >= 0.3 is 0 Å². The van der Waals surface area contributed by atoms with Gasteiger partial charge in [-0.25, -0.2) is 0 Å². The summed E-state index contributed by atoms with van der Waals surface area (Å²) >= 11 is 0. The molecule has 0 aromatic heterocycles. The summed E-state index contributed by atoms with van der Waals surface area (Å²) in [6.07, 6.45) is 3.50. The van der Waals surface area contributed by atoms with E-state index in [0.717, 1.165) is 30.4 Å². The lowest BCUT2D eigenvalue weighted by Gasteiger charge is -2.11. The molecule has 0 saturated heterocycles. The van der Waals surface area contributed by atoms with Crippen LogP contribution in [-0.4, -0.2) is 6.61 Å². The minimum Gasteiger partial charge on any atom is -0.493 e. The van der Waals surface area contributed by atoms with E-state index in [2.05, 4.69) is 24.3 Å². The molecule has 1 aliphatic carbocycles. The molecule has 2 N–H and O–H groups in total. The summed E-state index contributed by atoms with van der Waals surface area (Å²) < 4.78 is 5.93. The third-order valence-corrected chi connectivity index (χ3v) is 3.49. The first-order valence-electron chi connectivity index (χ1n) is 6.86. The van der Waals surface area contributed by atoms with Crippen molar-refractivity contribution >= 4 is 5.69 Å². The van der Waals surface area contributed by atoms with Crippen molar-refractivity contribution in [3.05, 3.63) is 59.7 Å². The maximum Gasteiger partial charge on any atom is 0.122 e. The zero-order chi connectivity index (χ0) is 13.1. The first-order chi connectivity index (χ1) is 9.31. The van der Waals surface area contributed by atoms with Crippen molar-refractivity contribution in [2.75, 3.05) is 12.3 Å². The van der Waals surface area contributed by atoms with Gasteiger partial charge in [0.15, 0.2) is 0 Å². The van der Waals surface area contributed by atoms with Crippen LogP contribution in [0.25, 0.3) is 0 Å². The molecule has 2 aromatic rings. The fourth-order valence-corrected chi connectivity index (χ4v) is 2.21. The van der Waals surface area contributed by atoms with Crippen LogP contribution < -0.4 is 10.5 Å². The summed E-state index contributed by atoms with van der Waals surface area (Å²) in [5.74, 6) is 1.79. The van der Waals surface area contributed by atoms with Gasteiger partial charge in [0.2, 0.25) is 0 Å². The Balaban J connectivity index is 1.75. The molecule has 0 spiro atoms. The molecule has 0 radical (unpaired) electrons. The van der Waals surface area contributed by atoms with Crippen molar-refractivity contribution in [2.24, 2.45) is 5.92 Å². The number of para-hydroxylation sites is 1. The Labute approximate surface area is 114 Å². The molecule has 98 valence electrons. The Morgan fingerprint density at radius 2 is 1.89 bits per heavy atom. The standard InChI is InChI=1S/C17H19NO/c18-16-6-3-4-14(11-16)10-15-5-1-2-7-17(15)19-12-13-8-9-13/h1-7,11,13H,8-10,12,18H2. The highest BCUT2D eigenvalue weighted by Gasteiger charge is 2.22. The van der Waals surface area contributed by atoms with Crippen molar-refractivity contribution in [3.8, 4) is 5.75 Å². The summed E-state index contributed by atoms with van der Waals surface area (Å²) in [5.41, 5.74) is 9.09. The molecule has 0 amide bonds. The van der Waals surface area contributed by atoms with Gasteiger partial charge in [-0.05, 0) is 48.1 Å². The third kappa shape index (κ3) is 3.28. The van der Waals surface area contributed by atoms with E-state index in [-0.39, 0.29) is 0 Å². The van der Waals surface area contributed by atoms with Crippen molar-refractivity contribution < 1.29 is 4.74 Å². The summed E-state index contributed by atoms with van der Waals surface area (Å²) in [7, 11) is 0. The maximum atomic E-state index is 5.93. The van der Waals surface area contributed by atoms with Gasteiger partial charge in [0.1, 0.15) is 5.75 Å². The lowest BCUT2D eigenvalue weighted by molar-refractivity contribution is 0.297. The summed E-state index contributed by atoms with van der Waals surface area (Å²) in [6.45, 7) is 0.855. The fraction of sp³-hybridized carbons (Fsp3) is 0.294.